The zero-order valence-corrected chi connectivity index (χ0v) is 12.4. The van der Waals surface area contributed by atoms with Gasteiger partial charge in [0, 0.05) is 8.95 Å². The number of rotatable bonds is 0. The van der Waals surface area contributed by atoms with Gasteiger partial charge in [0.2, 0.25) is 0 Å². The summed E-state index contributed by atoms with van der Waals surface area (Å²) in [6, 6.07) is 5.71. The Bertz CT molecular complexity index is 212. The molecule has 50 valence electrons. The maximum absolute atomic E-state index is 5.78. The van der Waals surface area contributed by atoms with E-state index in [0.717, 1.165) is 14.0 Å². The molecule has 0 bridgehead atoms. The molecule has 1 aromatic rings. The number of hydrogen-bond donors (Lipinski definition) is 0. The molecule has 0 fully saturated rings. The predicted molar refractivity (Wildman–Crippen MR) is 48.0 cm³/mol. The summed E-state index contributed by atoms with van der Waals surface area (Å²) in [6.45, 7) is 0. The fraction of sp³-hybridized carbons (Fsp3) is 0. The smallest absolute Gasteiger partial charge is 1.00 e. The van der Waals surface area contributed by atoms with Crippen molar-refractivity contribution < 1.29 is 52.8 Å². The minimum absolute atomic E-state index is 0. The van der Waals surface area contributed by atoms with Crippen molar-refractivity contribution in [3.63, 3.8) is 0 Å². The molecule has 0 atom stereocenters. The Morgan fingerprint density at radius 3 is 1.90 bits per heavy atom. The molecule has 0 aromatic heterocycles. The summed E-state index contributed by atoms with van der Waals surface area (Å²) >= 11 is 12.4. The fourth-order valence-electron chi connectivity index (χ4n) is 0.477. The maximum atomic E-state index is 5.78. The average Bonchev–Trinajstić information content (AvgIpc) is 1.83. The SMILES string of the molecule is Clc1c(Br)cccc1Br.[H-].[K+]. The van der Waals surface area contributed by atoms with Crippen LogP contribution in [-0.2, 0) is 0 Å². The number of hydrogen-bond acceptors (Lipinski definition) is 0. The van der Waals surface area contributed by atoms with Crippen LogP contribution in [0.5, 0.6) is 0 Å². The van der Waals surface area contributed by atoms with E-state index in [1.54, 1.807) is 0 Å². The molecule has 10 heavy (non-hydrogen) atoms. The minimum Gasteiger partial charge on any atom is -1.00 e. The van der Waals surface area contributed by atoms with E-state index in [1.165, 1.54) is 0 Å². The molecule has 0 heterocycles. The van der Waals surface area contributed by atoms with Crippen LogP contribution < -0.4 is 51.4 Å². The van der Waals surface area contributed by atoms with E-state index in [9.17, 15) is 0 Å². The van der Waals surface area contributed by atoms with E-state index in [4.69, 9.17) is 11.6 Å². The van der Waals surface area contributed by atoms with Gasteiger partial charge in [-0.2, -0.15) is 0 Å². The van der Waals surface area contributed by atoms with Gasteiger partial charge in [0.25, 0.3) is 0 Å². The van der Waals surface area contributed by atoms with Gasteiger partial charge in [0.1, 0.15) is 0 Å². The molecule has 0 aliphatic heterocycles. The van der Waals surface area contributed by atoms with Crippen molar-refractivity contribution in [2.24, 2.45) is 0 Å². The van der Waals surface area contributed by atoms with Gasteiger partial charge in [-0.15, -0.1) is 0 Å². The maximum Gasteiger partial charge on any atom is 1.00 e. The molecule has 0 unspecified atom stereocenters. The van der Waals surface area contributed by atoms with Crippen molar-refractivity contribution in [2.45, 2.75) is 0 Å². The average molecular weight is 310 g/mol. The Kier molecular flexibility index (Phi) is 6.90. The summed E-state index contributed by atoms with van der Waals surface area (Å²) in [5, 5.41) is 0.720. The Morgan fingerprint density at radius 1 is 1.20 bits per heavy atom. The van der Waals surface area contributed by atoms with Gasteiger partial charge >= 0.3 is 51.4 Å². The second kappa shape index (κ2) is 5.70. The molecule has 0 radical (unpaired) electrons. The molecule has 4 heteroatoms. The van der Waals surface area contributed by atoms with E-state index >= 15 is 0 Å². The fourth-order valence-corrected chi connectivity index (χ4v) is 1.60. The van der Waals surface area contributed by atoms with E-state index < -0.39 is 0 Å². The molecule has 1 aromatic carbocycles. The van der Waals surface area contributed by atoms with Gasteiger partial charge < -0.3 is 1.43 Å². The van der Waals surface area contributed by atoms with Crippen molar-refractivity contribution in [1.82, 2.24) is 0 Å². The van der Waals surface area contributed by atoms with E-state index in [-0.39, 0.29) is 52.8 Å². The first-order valence-corrected chi connectivity index (χ1v) is 4.27. The van der Waals surface area contributed by atoms with Crippen LogP contribution in [0, 0.1) is 0 Å². The van der Waals surface area contributed by atoms with Crippen molar-refractivity contribution in [1.29, 1.82) is 0 Å². The summed E-state index contributed by atoms with van der Waals surface area (Å²) in [6.07, 6.45) is 0. The van der Waals surface area contributed by atoms with Crippen LogP contribution in [0.1, 0.15) is 1.43 Å². The first-order valence-electron chi connectivity index (χ1n) is 2.31. The Hall–Kier alpha value is 2.11. The van der Waals surface area contributed by atoms with Gasteiger partial charge in [-0.25, -0.2) is 0 Å². The summed E-state index contributed by atoms with van der Waals surface area (Å²) < 4.78 is 1.83. The van der Waals surface area contributed by atoms with Crippen LogP contribution in [0.25, 0.3) is 0 Å². The quantitative estimate of drug-likeness (QED) is 0.495. The van der Waals surface area contributed by atoms with Gasteiger partial charge in [-0.1, -0.05) is 17.7 Å². The molecule has 0 aliphatic carbocycles. The number of halogens is 3. The predicted octanol–water partition coefficient (Wildman–Crippen LogP) is 0.982. The van der Waals surface area contributed by atoms with Crippen LogP contribution >= 0.6 is 43.5 Å². The molecular formula is C6H4Br2ClK. The Morgan fingerprint density at radius 2 is 1.60 bits per heavy atom. The minimum atomic E-state index is 0. The van der Waals surface area contributed by atoms with Gasteiger partial charge in [0.05, 0.1) is 5.02 Å². The third-order valence-electron chi connectivity index (χ3n) is 0.904. The number of benzene rings is 1. The molecule has 0 saturated heterocycles. The standard InChI is InChI=1S/C6H3Br2Cl.K.H/c7-4-2-1-3-5(8)6(4)9;;/h1-3H;;/q;+1;-1. The van der Waals surface area contributed by atoms with Crippen LogP contribution in [0.2, 0.25) is 5.02 Å². The largest absolute Gasteiger partial charge is 1.00 e. The van der Waals surface area contributed by atoms with Crippen molar-refractivity contribution in [3.8, 4) is 0 Å². The summed E-state index contributed by atoms with van der Waals surface area (Å²) in [4.78, 5) is 0. The summed E-state index contributed by atoms with van der Waals surface area (Å²) in [5.74, 6) is 0. The first kappa shape index (κ1) is 12.1. The molecule has 0 aliphatic rings. The topological polar surface area (TPSA) is 0 Å². The molecule has 0 spiro atoms. The molecular weight excluding hydrogens is 306 g/mol. The van der Waals surface area contributed by atoms with E-state index in [1.807, 2.05) is 18.2 Å². The first-order chi connectivity index (χ1) is 4.22. The zero-order chi connectivity index (χ0) is 6.85. The summed E-state index contributed by atoms with van der Waals surface area (Å²) in [7, 11) is 0. The molecule has 0 amide bonds. The van der Waals surface area contributed by atoms with Crippen molar-refractivity contribution in [3.05, 3.63) is 32.2 Å². The van der Waals surface area contributed by atoms with Crippen LogP contribution in [0.4, 0.5) is 0 Å². The summed E-state index contributed by atoms with van der Waals surface area (Å²) in [5.41, 5.74) is 0. The molecule has 0 saturated carbocycles. The molecule has 0 N–H and O–H groups in total. The van der Waals surface area contributed by atoms with Crippen LogP contribution in [0.3, 0.4) is 0 Å². The monoisotopic (exact) mass is 308 g/mol. The molecule has 0 nitrogen and oxygen atoms in total. The Labute approximate surface area is 126 Å². The normalized spacial score (nSPS) is 8.70. The van der Waals surface area contributed by atoms with Gasteiger partial charge in [-0.05, 0) is 44.0 Å². The van der Waals surface area contributed by atoms with E-state index in [2.05, 4.69) is 31.9 Å². The zero-order valence-electron chi connectivity index (χ0n) is 6.37. The second-order valence-electron chi connectivity index (χ2n) is 1.54. The van der Waals surface area contributed by atoms with Crippen LogP contribution in [0.15, 0.2) is 27.1 Å². The van der Waals surface area contributed by atoms with Crippen molar-refractivity contribution in [2.75, 3.05) is 0 Å². The second-order valence-corrected chi connectivity index (χ2v) is 3.62. The third kappa shape index (κ3) is 3.23. The van der Waals surface area contributed by atoms with Gasteiger partial charge in [-0.3, -0.25) is 0 Å². The van der Waals surface area contributed by atoms with Crippen LogP contribution in [-0.4, -0.2) is 0 Å². The van der Waals surface area contributed by atoms with E-state index in [0.29, 0.717) is 0 Å². The van der Waals surface area contributed by atoms with Gasteiger partial charge in [0.15, 0.2) is 0 Å². The third-order valence-corrected chi connectivity index (χ3v) is 3.09. The Balaban J connectivity index is 0. The van der Waals surface area contributed by atoms with Crippen molar-refractivity contribution >= 4 is 43.5 Å². The molecule has 1 rings (SSSR count).